The second-order valence-electron chi connectivity index (χ2n) is 9.01. The standard InChI is InChI=1S/C28H33NO4/c1-6-10-22-17-18-25(27(31)32-7-2)29(22)19-20-13-15-21(16-14-20)23-11-8-9-12-24(23)26(30)33-28(3,4)5/h8-9,11-18H,6-7,10,19H2,1-5H3. The molecule has 0 atom stereocenters. The van der Waals surface area contributed by atoms with Gasteiger partial charge in [0.25, 0.3) is 0 Å². The summed E-state index contributed by atoms with van der Waals surface area (Å²) < 4.78 is 12.9. The van der Waals surface area contributed by atoms with Crippen molar-refractivity contribution in [3.63, 3.8) is 0 Å². The molecule has 2 aromatic carbocycles. The minimum atomic E-state index is -0.558. The van der Waals surface area contributed by atoms with E-state index in [0.717, 1.165) is 35.2 Å². The van der Waals surface area contributed by atoms with Crippen molar-refractivity contribution in [1.82, 2.24) is 4.57 Å². The number of carbonyl (C=O) groups is 2. The zero-order chi connectivity index (χ0) is 24.0. The summed E-state index contributed by atoms with van der Waals surface area (Å²) in [6, 6.07) is 19.4. The van der Waals surface area contributed by atoms with Gasteiger partial charge in [0.05, 0.1) is 12.2 Å². The molecule has 1 aromatic heterocycles. The van der Waals surface area contributed by atoms with Crippen molar-refractivity contribution in [2.24, 2.45) is 0 Å². The number of aryl methyl sites for hydroxylation is 1. The van der Waals surface area contributed by atoms with Crippen LogP contribution in [0.2, 0.25) is 0 Å². The van der Waals surface area contributed by atoms with E-state index in [4.69, 9.17) is 9.47 Å². The second kappa shape index (κ2) is 10.5. The summed E-state index contributed by atoms with van der Waals surface area (Å²) >= 11 is 0. The van der Waals surface area contributed by atoms with E-state index in [1.807, 2.05) is 86.9 Å². The Morgan fingerprint density at radius 3 is 2.21 bits per heavy atom. The fourth-order valence-electron chi connectivity index (χ4n) is 3.77. The Kier molecular flexibility index (Phi) is 7.75. The summed E-state index contributed by atoms with van der Waals surface area (Å²) in [7, 11) is 0. The predicted molar refractivity (Wildman–Crippen MR) is 131 cm³/mol. The summed E-state index contributed by atoms with van der Waals surface area (Å²) in [6.45, 7) is 10.4. The minimum Gasteiger partial charge on any atom is -0.461 e. The molecule has 0 unspecified atom stereocenters. The third-order valence-electron chi connectivity index (χ3n) is 5.21. The molecule has 33 heavy (non-hydrogen) atoms. The Balaban J connectivity index is 1.88. The molecule has 0 fully saturated rings. The number of rotatable bonds is 8. The average molecular weight is 448 g/mol. The third kappa shape index (κ3) is 6.13. The lowest BCUT2D eigenvalue weighted by molar-refractivity contribution is 0.00702. The molecule has 0 aliphatic heterocycles. The van der Waals surface area contributed by atoms with Gasteiger partial charge >= 0.3 is 11.9 Å². The van der Waals surface area contributed by atoms with Crippen molar-refractivity contribution in [2.45, 2.75) is 59.6 Å². The van der Waals surface area contributed by atoms with Crippen LogP contribution in [-0.2, 0) is 22.4 Å². The van der Waals surface area contributed by atoms with Gasteiger partial charge in [-0.15, -0.1) is 0 Å². The minimum absolute atomic E-state index is 0.303. The van der Waals surface area contributed by atoms with E-state index in [0.29, 0.717) is 24.4 Å². The summed E-state index contributed by atoms with van der Waals surface area (Å²) in [5, 5.41) is 0. The first-order valence-electron chi connectivity index (χ1n) is 11.5. The highest BCUT2D eigenvalue weighted by atomic mass is 16.6. The lowest BCUT2D eigenvalue weighted by Gasteiger charge is -2.20. The number of hydrogen-bond acceptors (Lipinski definition) is 4. The lowest BCUT2D eigenvalue weighted by Crippen LogP contribution is -2.24. The first-order valence-corrected chi connectivity index (χ1v) is 11.5. The SMILES string of the molecule is CCCc1ccc(C(=O)OCC)n1Cc1ccc(-c2ccccc2C(=O)OC(C)(C)C)cc1. The topological polar surface area (TPSA) is 57.5 Å². The van der Waals surface area contributed by atoms with Gasteiger partial charge < -0.3 is 14.0 Å². The number of ether oxygens (including phenoxy) is 2. The molecule has 0 spiro atoms. The molecule has 0 aliphatic rings. The van der Waals surface area contributed by atoms with Gasteiger partial charge in [0, 0.05) is 12.2 Å². The monoisotopic (exact) mass is 447 g/mol. The maximum absolute atomic E-state index is 12.7. The Morgan fingerprint density at radius 2 is 1.58 bits per heavy atom. The van der Waals surface area contributed by atoms with Gasteiger partial charge in [0.2, 0.25) is 0 Å². The average Bonchev–Trinajstić information content (AvgIpc) is 3.16. The van der Waals surface area contributed by atoms with Gasteiger partial charge in [0.1, 0.15) is 11.3 Å². The summed E-state index contributed by atoms with van der Waals surface area (Å²) in [4.78, 5) is 25.1. The quantitative estimate of drug-likeness (QED) is 0.381. The molecule has 1 heterocycles. The van der Waals surface area contributed by atoms with E-state index >= 15 is 0 Å². The van der Waals surface area contributed by atoms with E-state index in [1.54, 1.807) is 6.07 Å². The third-order valence-corrected chi connectivity index (χ3v) is 5.21. The van der Waals surface area contributed by atoms with Crippen LogP contribution >= 0.6 is 0 Å². The largest absolute Gasteiger partial charge is 0.461 e. The Bertz CT molecular complexity index is 1100. The fourth-order valence-corrected chi connectivity index (χ4v) is 3.77. The van der Waals surface area contributed by atoms with Crippen LogP contribution in [0.15, 0.2) is 60.7 Å². The van der Waals surface area contributed by atoms with E-state index in [9.17, 15) is 9.59 Å². The van der Waals surface area contributed by atoms with Crippen molar-refractivity contribution in [3.05, 3.63) is 83.2 Å². The van der Waals surface area contributed by atoms with Crippen molar-refractivity contribution < 1.29 is 19.1 Å². The number of carbonyl (C=O) groups excluding carboxylic acids is 2. The van der Waals surface area contributed by atoms with Gasteiger partial charge in [-0.05, 0) is 69.0 Å². The van der Waals surface area contributed by atoms with Gasteiger partial charge in [-0.1, -0.05) is 55.8 Å². The second-order valence-corrected chi connectivity index (χ2v) is 9.01. The van der Waals surface area contributed by atoms with Crippen LogP contribution in [0.4, 0.5) is 0 Å². The molecule has 0 saturated carbocycles. The van der Waals surface area contributed by atoms with E-state index < -0.39 is 5.60 Å². The van der Waals surface area contributed by atoms with Crippen LogP contribution < -0.4 is 0 Å². The molecule has 3 aromatic rings. The number of nitrogens with zero attached hydrogens (tertiary/aromatic N) is 1. The number of esters is 2. The highest BCUT2D eigenvalue weighted by Crippen LogP contribution is 2.26. The molecule has 0 amide bonds. The maximum atomic E-state index is 12.7. The highest BCUT2D eigenvalue weighted by molar-refractivity contribution is 5.97. The molecular weight excluding hydrogens is 414 g/mol. The zero-order valence-corrected chi connectivity index (χ0v) is 20.2. The Hall–Kier alpha value is -3.34. The first-order chi connectivity index (χ1) is 15.7. The molecule has 0 aliphatic carbocycles. The number of benzene rings is 2. The summed E-state index contributed by atoms with van der Waals surface area (Å²) in [6.07, 6.45) is 1.88. The molecule has 0 saturated heterocycles. The zero-order valence-electron chi connectivity index (χ0n) is 20.2. The molecule has 174 valence electrons. The summed E-state index contributed by atoms with van der Waals surface area (Å²) in [5.74, 6) is -0.638. The molecule has 0 bridgehead atoms. The number of hydrogen-bond donors (Lipinski definition) is 0. The van der Waals surface area contributed by atoms with Crippen LogP contribution in [0, 0.1) is 0 Å². The van der Waals surface area contributed by atoms with Crippen LogP contribution in [0.25, 0.3) is 11.1 Å². The van der Waals surface area contributed by atoms with Crippen LogP contribution in [0.3, 0.4) is 0 Å². The molecule has 0 radical (unpaired) electrons. The van der Waals surface area contributed by atoms with Gasteiger partial charge in [0.15, 0.2) is 0 Å². The van der Waals surface area contributed by atoms with Crippen LogP contribution in [0.1, 0.15) is 73.1 Å². The van der Waals surface area contributed by atoms with E-state index in [2.05, 4.69) is 6.92 Å². The smallest absolute Gasteiger partial charge is 0.354 e. The van der Waals surface area contributed by atoms with Gasteiger partial charge in [-0.25, -0.2) is 9.59 Å². The van der Waals surface area contributed by atoms with Crippen molar-refractivity contribution >= 4 is 11.9 Å². The van der Waals surface area contributed by atoms with E-state index in [-0.39, 0.29) is 11.9 Å². The number of aromatic nitrogens is 1. The maximum Gasteiger partial charge on any atom is 0.354 e. The normalized spacial score (nSPS) is 11.3. The molecule has 5 heteroatoms. The summed E-state index contributed by atoms with van der Waals surface area (Å²) in [5.41, 5.74) is 4.50. The van der Waals surface area contributed by atoms with Crippen molar-refractivity contribution in [1.29, 1.82) is 0 Å². The first kappa shape index (κ1) is 24.3. The predicted octanol–water partition coefficient (Wildman–Crippen LogP) is 6.29. The fraction of sp³-hybridized carbons (Fsp3) is 0.357. The molecule has 5 nitrogen and oxygen atoms in total. The molecule has 3 rings (SSSR count). The van der Waals surface area contributed by atoms with Crippen LogP contribution in [0.5, 0.6) is 0 Å². The van der Waals surface area contributed by atoms with E-state index in [1.165, 1.54) is 0 Å². The molecule has 0 N–H and O–H groups in total. The van der Waals surface area contributed by atoms with Crippen molar-refractivity contribution in [3.8, 4) is 11.1 Å². The van der Waals surface area contributed by atoms with Gasteiger partial charge in [-0.2, -0.15) is 0 Å². The lowest BCUT2D eigenvalue weighted by atomic mass is 9.98. The Labute approximate surface area is 196 Å². The van der Waals surface area contributed by atoms with Crippen LogP contribution in [-0.4, -0.2) is 28.7 Å². The highest BCUT2D eigenvalue weighted by Gasteiger charge is 2.21. The van der Waals surface area contributed by atoms with Gasteiger partial charge in [-0.3, -0.25) is 0 Å². The van der Waals surface area contributed by atoms with Crippen molar-refractivity contribution in [2.75, 3.05) is 6.61 Å². The molecular formula is C28H33NO4. The Morgan fingerprint density at radius 1 is 0.879 bits per heavy atom.